The highest BCUT2D eigenvalue weighted by Gasteiger charge is 2.15. The van der Waals surface area contributed by atoms with Crippen LogP contribution in [0.3, 0.4) is 0 Å². The predicted octanol–water partition coefficient (Wildman–Crippen LogP) is 3.80. The summed E-state index contributed by atoms with van der Waals surface area (Å²) in [5.41, 5.74) is 0.635. The number of halogens is 1. The Bertz CT molecular complexity index is 653. The lowest BCUT2D eigenvalue weighted by molar-refractivity contribution is -0.122. The van der Waals surface area contributed by atoms with Crippen LogP contribution in [0.25, 0.3) is 0 Å². The molecule has 5 heteroatoms. The molecule has 0 spiro atoms. The molecular weight excluding hydrogens is 297 g/mol. The maximum absolute atomic E-state index is 12.8. The summed E-state index contributed by atoms with van der Waals surface area (Å²) in [6.45, 7) is 5.62. The molecule has 1 amide bonds. The van der Waals surface area contributed by atoms with Crippen molar-refractivity contribution in [2.45, 2.75) is 13.0 Å². The van der Waals surface area contributed by atoms with Crippen molar-refractivity contribution in [3.63, 3.8) is 0 Å². The summed E-state index contributed by atoms with van der Waals surface area (Å²) in [4.78, 5) is 12.1. The molecule has 0 unspecified atom stereocenters. The van der Waals surface area contributed by atoms with Crippen molar-refractivity contribution in [3.8, 4) is 11.5 Å². The molecule has 2 aromatic carbocycles. The van der Waals surface area contributed by atoms with Crippen LogP contribution in [-0.2, 0) is 4.79 Å². The number of benzene rings is 2. The van der Waals surface area contributed by atoms with E-state index in [0.29, 0.717) is 23.8 Å². The van der Waals surface area contributed by atoms with E-state index in [9.17, 15) is 9.18 Å². The summed E-state index contributed by atoms with van der Waals surface area (Å²) >= 11 is 0. The zero-order valence-electron chi connectivity index (χ0n) is 12.8. The number of rotatable bonds is 7. The van der Waals surface area contributed by atoms with Gasteiger partial charge in [0.25, 0.3) is 5.91 Å². The third-order valence-electron chi connectivity index (χ3n) is 2.99. The second kappa shape index (κ2) is 7.98. The van der Waals surface area contributed by atoms with Crippen LogP contribution in [0.4, 0.5) is 10.1 Å². The average molecular weight is 315 g/mol. The molecule has 0 bridgehead atoms. The lowest BCUT2D eigenvalue weighted by atomic mass is 10.2. The number of hydrogen-bond donors (Lipinski definition) is 1. The Labute approximate surface area is 134 Å². The van der Waals surface area contributed by atoms with Crippen LogP contribution in [0, 0.1) is 5.82 Å². The SMILES string of the molecule is C=CCOc1ccc(NC(=O)[C@@H](C)Oc2ccc(F)cc2)cc1. The minimum atomic E-state index is -0.711. The van der Waals surface area contributed by atoms with Crippen LogP contribution in [0.15, 0.2) is 61.2 Å². The molecule has 0 radical (unpaired) electrons. The molecular formula is C18H18FNO3. The molecule has 2 rings (SSSR count). The molecule has 0 saturated carbocycles. The van der Waals surface area contributed by atoms with E-state index in [-0.39, 0.29) is 11.7 Å². The maximum atomic E-state index is 12.8. The van der Waals surface area contributed by atoms with Crippen molar-refractivity contribution in [1.82, 2.24) is 0 Å². The monoisotopic (exact) mass is 315 g/mol. The summed E-state index contributed by atoms with van der Waals surface area (Å²) in [6.07, 6.45) is 0.946. The predicted molar refractivity (Wildman–Crippen MR) is 87.3 cm³/mol. The topological polar surface area (TPSA) is 47.6 Å². The minimum absolute atomic E-state index is 0.297. The van der Waals surface area contributed by atoms with Gasteiger partial charge in [-0.1, -0.05) is 12.7 Å². The molecule has 120 valence electrons. The van der Waals surface area contributed by atoms with Gasteiger partial charge in [-0.2, -0.15) is 0 Å². The normalized spacial score (nSPS) is 11.4. The Hall–Kier alpha value is -2.82. The first-order valence-corrected chi connectivity index (χ1v) is 7.15. The average Bonchev–Trinajstić information content (AvgIpc) is 2.56. The highest BCUT2D eigenvalue weighted by atomic mass is 19.1. The highest BCUT2D eigenvalue weighted by Crippen LogP contribution is 2.17. The van der Waals surface area contributed by atoms with Gasteiger partial charge in [0.05, 0.1) is 0 Å². The second-order valence-corrected chi connectivity index (χ2v) is 4.83. The lowest BCUT2D eigenvalue weighted by Crippen LogP contribution is -2.30. The van der Waals surface area contributed by atoms with Crippen molar-refractivity contribution >= 4 is 11.6 Å². The molecule has 2 aromatic rings. The van der Waals surface area contributed by atoms with Crippen molar-refractivity contribution < 1.29 is 18.7 Å². The van der Waals surface area contributed by atoms with E-state index in [1.165, 1.54) is 24.3 Å². The van der Waals surface area contributed by atoms with Crippen LogP contribution >= 0.6 is 0 Å². The summed E-state index contributed by atoms with van der Waals surface area (Å²) in [7, 11) is 0. The van der Waals surface area contributed by atoms with E-state index in [0.717, 1.165) is 0 Å². The molecule has 0 fully saturated rings. The van der Waals surface area contributed by atoms with E-state index in [1.807, 2.05) is 0 Å². The highest BCUT2D eigenvalue weighted by molar-refractivity contribution is 5.94. The lowest BCUT2D eigenvalue weighted by Gasteiger charge is -2.15. The van der Waals surface area contributed by atoms with Crippen LogP contribution in [0.1, 0.15) is 6.92 Å². The van der Waals surface area contributed by atoms with Gasteiger partial charge in [0.1, 0.15) is 23.9 Å². The van der Waals surface area contributed by atoms with Gasteiger partial charge in [0.2, 0.25) is 0 Å². The van der Waals surface area contributed by atoms with Gasteiger partial charge in [-0.15, -0.1) is 0 Å². The number of ether oxygens (including phenoxy) is 2. The van der Waals surface area contributed by atoms with Gasteiger partial charge in [-0.25, -0.2) is 4.39 Å². The van der Waals surface area contributed by atoms with Gasteiger partial charge in [0.15, 0.2) is 6.10 Å². The Kier molecular flexibility index (Phi) is 5.74. The standard InChI is InChI=1S/C18H18FNO3/c1-3-12-22-16-10-6-15(7-11-16)20-18(21)13(2)23-17-8-4-14(19)5-9-17/h3-11,13H,1,12H2,2H3,(H,20,21)/t13-/m1/s1. The van der Waals surface area contributed by atoms with E-state index in [1.54, 1.807) is 37.3 Å². The van der Waals surface area contributed by atoms with Crippen molar-refractivity contribution in [3.05, 3.63) is 67.0 Å². The van der Waals surface area contributed by atoms with E-state index in [2.05, 4.69) is 11.9 Å². The molecule has 1 atom stereocenters. The van der Waals surface area contributed by atoms with E-state index in [4.69, 9.17) is 9.47 Å². The van der Waals surface area contributed by atoms with Crippen LogP contribution < -0.4 is 14.8 Å². The summed E-state index contributed by atoms with van der Waals surface area (Å²) in [5.74, 6) is 0.475. The fraction of sp³-hybridized carbons (Fsp3) is 0.167. The smallest absolute Gasteiger partial charge is 0.265 e. The molecule has 1 N–H and O–H groups in total. The fourth-order valence-electron chi connectivity index (χ4n) is 1.80. The maximum Gasteiger partial charge on any atom is 0.265 e. The van der Waals surface area contributed by atoms with Gasteiger partial charge < -0.3 is 14.8 Å². The second-order valence-electron chi connectivity index (χ2n) is 4.83. The first-order chi connectivity index (χ1) is 11.1. The summed E-state index contributed by atoms with van der Waals surface area (Å²) in [6, 6.07) is 12.5. The van der Waals surface area contributed by atoms with E-state index < -0.39 is 6.10 Å². The Morgan fingerprint density at radius 1 is 1.17 bits per heavy atom. The fourth-order valence-corrected chi connectivity index (χ4v) is 1.80. The van der Waals surface area contributed by atoms with Gasteiger partial charge in [-0.05, 0) is 55.5 Å². The van der Waals surface area contributed by atoms with E-state index >= 15 is 0 Å². The van der Waals surface area contributed by atoms with Gasteiger partial charge >= 0.3 is 0 Å². The zero-order chi connectivity index (χ0) is 16.7. The molecule has 0 aliphatic heterocycles. The van der Waals surface area contributed by atoms with Crippen molar-refractivity contribution in [2.24, 2.45) is 0 Å². The number of hydrogen-bond acceptors (Lipinski definition) is 3. The number of carbonyl (C=O) groups is 1. The van der Waals surface area contributed by atoms with Crippen molar-refractivity contribution in [1.29, 1.82) is 0 Å². The molecule has 0 aliphatic carbocycles. The molecule has 0 heterocycles. The first kappa shape index (κ1) is 16.5. The molecule has 23 heavy (non-hydrogen) atoms. The molecule has 0 saturated heterocycles. The third-order valence-corrected chi connectivity index (χ3v) is 2.99. The number of carbonyl (C=O) groups excluding carboxylic acids is 1. The number of anilines is 1. The Morgan fingerprint density at radius 2 is 1.78 bits per heavy atom. The van der Waals surface area contributed by atoms with Crippen molar-refractivity contribution in [2.75, 3.05) is 11.9 Å². The molecule has 0 aromatic heterocycles. The summed E-state index contributed by atoms with van der Waals surface area (Å²) < 4.78 is 23.7. The van der Waals surface area contributed by atoms with Gasteiger partial charge in [0, 0.05) is 5.69 Å². The summed E-state index contributed by atoms with van der Waals surface area (Å²) in [5, 5.41) is 2.74. The Morgan fingerprint density at radius 3 is 2.39 bits per heavy atom. The molecule has 0 aliphatic rings. The number of amides is 1. The zero-order valence-corrected chi connectivity index (χ0v) is 12.8. The van der Waals surface area contributed by atoms with Crippen LogP contribution in [-0.4, -0.2) is 18.6 Å². The molecule has 4 nitrogen and oxygen atoms in total. The Balaban J connectivity index is 1.89. The van der Waals surface area contributed by atoms with Crippen LogP contribution in [0.2, 0.25) is 0 Å². The van der Waals surface area contributed by atoms with Crippen LogP contribution in [0.5, 0.6) is 11.5 Å². The third kappa shape index (κ3) is 5.14. The minimum Gasteiger partial charge on any atom is -0.490 e. The first-order valence-electron chi connectivity index (χ1n) is 7.15. The quantitative estimate of drug-likeness (QED) is 0.791. The van der Waals surface area contributed by atoms with Gasteiger partial charge in [-0.3, -0.25) is 4.79 Å². The largest absolute Gasteiger partial charge is 0.490 e. The number of nitrogens with one attached hydrogen (secondary N) is 1.